The molecular weight excluding hydrogens is 302 g/mol. The van der Waals surface area contributed by atoms with Crippen LogP contribution in [-0.4, -0.2) is 49.2 Å². The molecular formula is C11H15N3O6S. The van der Waals surface area contributed by atoms with Gasteiger partial charge in [0.25, 0.3) is 5.91 Å². The fraction of sp³-hybridized carbons (Fsp3) is 0.455. The Balaban J connectivity index is 2.18. The Hall–Kier alpha value is -1.91. The maximum atomic E-state index is 12.1. The van der Waals surface area contributed by atoms with E-state index in [0.29, 0.717) is 0 Å². The van der Waals surface area contributed by atoms with E-state index < -0.39 is 33.9 Å². The second-order valence-corrected chi connectivity index (χ2v) is 6.34. The van der Waals surface area contributed by atoms with E-state index in [0.717, 1.165) is 6.07 Å². The maximum Gasteiger partial charge on any atom is 0.311 e. The molecule has 2 atom stereocenters. The third kappa shape index (κ3) is 3.23. The Bertz CT molecular complexity index is 680. The molecule has 9 nitrogen and oxygen atoms in total. The van der Waals surface area contributed by atoms with Crippen LogP contribution < -0.4 is 10.5 Å². The summed E-state index contributed by atoms with van der Waals surface area (Å²) >= 11 is 0. The van der Waals surface area contributed by atoms with Crippen molar-refractivity contribution < 1.29 is 27.9 Å². The van der Waals surface area contributed by atoms with Crippen LogP contribution in [0.15, 0.2) is 17.2 Å². The van der Waals surface area contributed by atoms with Crippen LogP contribution in [0.25, 0.3) is 0 Å². The fourth-order valence-electron chi connectivity index (χ4n) is 2.10. The summed E-state index contributed by atoms with van der Waals surface area (Å²) in [7, 11) is -2.42. The van der Waals surface area contributed by atoms with Crippen molar-refractivity contribution in [2.75, 3.05) is 13.2 Å². The number of nitrogens with two attached hydrogens (primary N) is 1. The van der Waals surface area contributed by atoms with Crippen molar-refractivity contribution in [1.29, 1.82) is 0 Å². The van der Waals surface area contributed by atoms with Gasteiger partial charge in [-0.2, -0.15) is 0 Å². The highest BCUT2D eigenvalue weighted by Gasteiger charge is 2.35. The number of ether oxygens (including phenoxy) is 1. The van der Waals surface area contributed by atoms with Crippen molar-refractivity contribution in [3.8, 4) is 0 Å². The number of primary sulfonamides is 1. The molecule has 0 aliphatic carbocycles. The molecule has 1 aliphatic rings. The number of carboxylic acids is 1. The zero-order chi connectivity index (χ0) is 15.8. The third-order valence-electron chi connectivity index (χ3n) is 3.26. The molecule has 0 bridgehead atoms. The van der Waals surface area contributed by atoms with E-state index in [1.807, 2.05) is 0 Å². The SMILES string of the molecule is Cn1cc(S(N)(=O)=O)cc1C(=O)NC1COCC1C(=O)O. The van der Waals surface area contributed by atoms with E-state index in [4.69, 9.17) is 15.0 Å². The quantitative estimate of drug-likeness (QED) is 0.617. The molecule has 0 saturated carbocycles. The number of nitrogens with one attached hydrogen (secondary N) is 1. The lowest BCUT2D eigenvalue weighted by Gasteiger charge is -2.15. The van der Waals surface area contributed by atoms with Gasteiger partial charge in [-0.3, -0.25) is 9.59 Å². The number of hydrogen-bond donors (Lipinski definition) is 3. The molecule has 1 fully saturated rings. The number of aromatic nitrogens is 1. The largest absolute Gasteiger partial charge is 0.481 e. The Morgan fingerprint density at radius 1 is 1.48 bits per heavy atom. The standard InChI is InChI=1S/C11H15N3O6S/c1-14-3-6(21(12,18)19)2-9(14)10(15)13-8-5-20-4-7(8)11(16)17/h2-3,7-8H,4-5H2,1H3,(H,13,15)(H,16,17)(H2,12,18,19). The van der Waals surface area contributed by atoms with Crippen molar-refractivity contribution in [2.45, 2.75) is 10.9 Å². The molecule has 116 valence electrons. The molecule has 1 aromatic rings. The van der Waals surface area contributed by atoms with Crippen LogP contribution in [0.5, 0.6) is 0 Å². The molecule has 4 N–H and O–H groups in total. The Morgan fingerprint density at radius 3 is 2.67 bits per heavy atom. The van der Waals surface area contributed by atoms with E-state index in [-0.39, 0.29) is 23.8 Å². The Morgan fingerprint density at radius 2 is 2.14 bits per heavy atom. The van der Waals surface area contributed by atoms with E-state index in [9.17, 15) is 18.0 Å². The number of carbonyl (C=O) groups excluding carboxylic acids is 1. The van der Waals surface area contributed by atoms with Gasteiger partial charge in [0.1, 0.15) is 16.5 Å². The highest BCUT2D eigenvalue weighted by Crippen LogP contribution is 2.16. The molecule has 2 unspecified atom stereocenters. The normalized spacial score (nSPS) is 22.2. The zero-order valence-corrected chi connectivity index (χ0v) is 12.0. The molecule has 0 radical (unpaired) electrons. The van der Waals surface area contributed by atoms with Crippen LogP contribution in [0.3, 0.4) is 0 Å². The molecule has 0 aromatic carbocycles. The molecule has 1 aromatic heterocycles. The minimum Gasteiger partial charge on any atom is -0.481 e. The van der Waals surface area contributed by atoms with Crippen molar-refractivity contribution in [3.63, 3.8) is 0 Å². The number of sulfonamides is 1. The number of aliphatic carboxylic acids is 1. The number of aryl methyl sites for hydroxylation is 1. The van der Waals surface area contributed by atoms with Crippen LogP contribution in [0, 0.1) is 5.92 Å². The van der Waals surface area contributed by atoms with Gasteiger partial charge in [-0.15, -0.1) is 0 Å². The summed E-state index contributed by atoms with van der Waals surface area (Å²) in [5, 5.41) is 16.5. The van der Waals surface area contributed by atoms with Crippen molar-refractivity contribution >= 4 is 21.9 Å². The molecule has 10 heteroatoms. The highest BCUT2D eigenvalue weighted by atomic mass is 32.2. The number of rotatable bonds is 4. The van der Waals surface area contributed by atoms with Gasteiger partial charge in [0.15, 0.2) is 0 Å². The van der Waals surface area contributed by atoms with E-state index >= 15 is 0 Å². The van der Waals surface area contributed by atoms with Crippen LogP contribution in [0.4, 0.5) is 0 Å². The number of hydrogen-bond acceptors (Lipinski definition) is 5. The Labute approximate surface area is 120 Å². The van der Waals surface area contributed by atoms with Crippen molar-refractivity contribution in [3.05, 3.63) is 18.0 Å². The smallest absolute Gasteiger partial charge is 0.311 e. The van der Waals surface area contributed by atoms with Crippen LogP contribution in [0.1, 0.15) is 10.5 Å². The topological polar surface area (TPSA) is 141 Å². The molecule has 1 amide bonds. The van der Waals surface area contributed by atoms with Gasteiger partial charge in [-0.25, -0.2) is 13.6 Å². The first-order valence-corrected chi connectivity index (χ1v) is 7.55. The average Bonchev–Trinajstić information content (AvgIpc) is 2.94. The van der Waals surface area contributed by atoms with Gasteiger partial charge in [0.2, 0.25) is 10.0 Å². The fourth-order valence-corrected chi connectivity index (χ4v) is 2.68. The van der Waals surface area contributed by atoms with Gasteiger partial charge < -0.3 is 19.7 Å². The van der Waals surface area contributed by atoms with Gasteiger partial charge in [0.05, 0.1) is 19.3 Å². The van der Waals surface area contributed by atoms with Gasteiger partial charge in [0, 0.05) is 13.2 Å². The van der Waals surface area contributed by atoms with Crippen molar-refractivity contribution in [1.82, 2.24) is 9.88 Å². The predicted octanol–water partition coefficient (Wildman–Crippen LogP) is -1.50. The summed E-state index contributed by atoms with van der Waals surface area (Å²) in [6.07, 6.45) is 1.21. The van der Waals surface area contributed by atoms with E-state index in [2.05, 4.69) is 5.32 Å². The summed E-state index contributed by atoms with van der Waals surface area (Å²) in [6.45, 7) is 0.116. The first-order valence-electron chi connectivity index (χ1n) is 6.00. The number of amides is 1. The summed E-state index contributed by atoms with van der Waals surface area (Å²) in [5.74, 6) is -2.48. The van der Waals surface area contributed by atoms with Crippen LogP contribution in [0.2, 0.25) is 0 Å². The highest BCUT2D eigenvalue weighted by molar-refractivity contribution is 7.89. The third-order valence-corrected chi connectivity index (χ3v) is 4.14. The lowest BCUT2D eigenvalue weighted by atomic mass is 10.0. The predicted molar refractivity (Wildman–Crippen MR) is 70.0 cm³/mol. The molecule has 21 heavy (non-hydrogen) atoms. The minimum atomic E-state index is -3.91. The number of carbonyl (C=O) groups is 2. The molecule has 2 rings (SSSR count). The zero-order valence-electron chi connectivity index (χ0n) is 11.1. The summed E-state index contributed by atoms with van der Waals surface area (Å²) in [5.41, 5.74) is 0.0649. The molecule has 0 spiro atoms. The van der Waals surface area contributed by atoms with Crippen molar-refractivity contribution in [2.24, 2.45) is 18.1 Å². The summed E-state index contributed by atoms with van der Waals surface area (Å²) < 4.78 is 28.8. The Kier molecular flexibility index (Phi) is 4.03. The van der Waals surface area contributed by atoms with E-state index in [1.54, 1.807) is 0 Å². The van der Waals surface area contributed by atoms with Gasteiger partial charge in [-0.1, -0.05) is 0 Å². The number of carboxylic acid groups (broad SMARTS) is 1. The lowest BCUT2D eigenvalue weighted by Crippen LogP contribution is -2.43. The molecule has 1 saturated heterocycles. The second-order valence-electron chi connectivity index (χ2n) is 4.78. The molecule has 2 heterocycles. The van der Waals surface area contributed by atoms with Gasteiger partial charge >= 0.3 is 5.97 Å². The first kappa shape index (κ1) is 15.5. The summed E-state index contributed by atoms with van der Waals surface area (Å²) in [4.78, 5) is 22.9. The van der Waals surface area contributed by atoms with Crippen LogP contribution in [-0.2, 0) is 26.6 Å². The lowest BCUT2D eigenvalue weighted by molar-refractivity contribution is -0.142. The first-order chi connectivity index (χ1) is 9.70. The van der Waals surface area contributed by atoms with E-state index in [1.165, 1.54) is 17.8 Å². The van der Waals surface area contributed by atoms with Gasteiger partial charge in [-0.05, 0) is 6.07 Å². The van der Waals surface area contributed by atoms with Crippen LogP contribution >= 0.6 is 0 Å². The molecule has 1 aliphatic heterocycles. The maximum absolute atomic E-state index is 12.1. The monoisotopic (exact) mass is 317 g/mol. The second kappa shape index (κ2) is 5.47. The number of nitrogens with zero attached hydrogens (tertiary/aromatic N) is 1. The average molecular weight is 317 g/mol. The summed E-state index contributed by atoms with van der Waals surface area (Å²) in [6, 6.07) is 0.471. The minimum absolute atomic E-state index is 0.0237.